The minimum absolute atomic E-state index is 0.205. The molecule has 4 aromatic rings. The second-order valence-corrected chi connectivity index (χ2v) is 12.8. The highest BCUT2D eigenvalue weighted by atomic mass is 35.5. The number of benzene rings is 3. The van der Waals surface area contributed by atoms with Crippen molar-refractivity contribution in [3.05, 3.63) is 102 Å². The van der Waals surface area contributed by atoms with Crippen LogP contribution in [0.2, 0.25) is 10.0 Å². The normalized spacial score (nSPS) is 19.5. The molecule has 3 aromatic carbocycles. The molecule has 226 valence electrons. The summed E-state index contributed by atoms with van der Waals surface area (Å²) in [6.45, 7) is -0.438. The quantitative estimate of drug-likeness (QED) is 0.223. The number of nitrogens with one attached hydrogen (secondary N) is 2. The standard InChI is InChI=1S/C29H18Cl2F3N3O5S2/c30-17-9-8-14(11-18(17)31)35-20(38)12-42-19-7-2-1-6-16(19)21-22-24(43-25-23(21)44-28(41)36-25)27(40)37(26(22)39)15-5-3-4-13(10-15)29(32,33)34/h1-11,21-22,24H,12H2,(H,35,38)(H,36,41)/t21-,22-,24+/m0/s1. The summed E-state index contributed by atoms with van der Waals surface area (Å²) in [6.07, 6.45) is -4.68. The van der Waals surface area contributed by atoms with E-state index in [1.165, 1.54) is 18.2 Å². The topological polar surface area (TPSA) is 109 Å². The lowest BCUT2D eigenvalue weighted by Crippen LogP contribution is -2.32. The second-order valence-electron chi connectivity index (χ2n) is 9.81. The Morgan fingerprint density at radius 3 is 2.50 bits per heavy atom. The molecule has 2 N–H and O–H groups in total. The molecule has 1 saturated heterocycles. The number of imide groups is 1. The Balaban J connectivity index is 1.33. The zero-order valence-electron chi connectivity index (χ0n) is 22.0. The van der Waals surface area contributed by atoms with E-state index in [1.807, 2.05) is 0 Å². The molecule has 0 aliphatic carbocycles. The molecular weight excluding hydrogens is 662 g/mol. The summed E-state index contributed by atoms with van der Waals surface area (Å²) >= 11 is 13.8. The van der Waals surface area contributed by atoms with Crippen LogP contribution in [0, 0.1) is 5.92 Å². The fraction of sp³-hybridized carbons (Fsp3) is 0.172. The fourth-order valence-corrected chi connectivity index (χ4v) is 8.02. The van der Waals surface area contributed by atoms with Gasteiger partial charge in [-0.2, -0.15) is 13.2 Å². The summed E-state index contributed by atoms with van der Waals surface area (Å²) in [5.41, 5.74) is -0.395. The predicted molar refractivity (Wildman–Crippen MR) is 161 cm³/mol. The van der Waals surface area contributed by atoms with Crippen molar-refractivity contribution < 1.29 is 32.3 Å². The Morgan fingerprint density at radius 1 is 0.977 bits per heavy atom. The Hall–Kier alpha value is -3.78. The summed E-state index contributed by atoms with van der Waals surface area (Å²) in [5, 5.41) is 2.55. The molecule has 44 heavy (non-hydrogen) atoms. The van der Waals surface area contributed by atoms with Crippen LogP contribution in [-0.2, 0) is 20.6 Å². The van der Waals surface area contributed by atoms with Crippen LogP contribution >= 0.6 is 46.3 Å². The molecule has 0 bridgehead atoms. The number of alkyl halides is 3. The first-order valence-corrected chi connectivity index (χ1v) is 15.3. The molecule has 3 amide bonds. The highest BCUT2D eigenvalue weighted by Crippen LogP contribution is 2.54. The number of nitrogens with zero attached hydrogens (tertiary/aromatic N) is 1. The van der Waals surface area contributed by atoms with Gasteiger partial charge in [0.25, 0.3) is 5.91 Å². The average molecular weight is 681 g/mol. The minimum Gasteiger partial charge on any atom is -0.483 e. The van der Waals surface area contributed by atoms with E-state index in [4.69, 9.17) is 27.9 Å². The summed E-state index contributed by atoms with van der Waals surface area (Å²) in [4.78, 5) is 56.2. The van der Waals surface area contributed by atoms with Gasteiger partial charge in [-0.05, 0) is 42.5 Å². The van der Waals surface area contributed by atoms with Crippen molar-refractivity contribution in [2.24, 2.45) is 5.92 Å². The zero-order chi connectivity index (χ0) is 31.3. The number of para-hydroxylation sites is 1. The number of fused-ring (bicyclic) bond motifs is 2. The van der Waals surface area contributed by atoms with E-state index in [0.29, 0.717) is 26.2 Å². The molecule has 0 spiro atoms. The van der Waals surface area contributed by atoms with Crippen molar-refractivity contribution in [1.29, 1.82) is 0 Å². The first kappa shape index (κ1) is 30.3. The van der Waals surface area contributed by atoms with Crippen molar-refractivity contribution in [2.75, 3.05) is 16.8 Å². The number of H-pyrrole nitrogens is 1. The van der Waals surface area contributed by atoms with Crippen molar-refractivity contribution >= 4 is 75.4 Å². The van der Waals surface area contributed by atoms with Gasteiger partial charge in [0.2, 0.25) is 11.8 Å². The van der Waals surface area contributed by atoms with Crippen molar-refractivity contribution in [3.8, 4) is 5.75 Å². The maximum absolute atomic E-state index is 13.9. The van der Waals surface area contributed by atoms with Crippen LogP contribution < -0.4 is 19.8 Å². The Labute approximate surface area is 265 Å². The van der Waals surface area contributed by atoms with Gasteiger partial charge in [-0.1, -0.05) is 70.6 Å². The van der Waals surface area contributed by atoms with Crippen LogP contribution in [0.25, 0.3) is 0 Å². The van der Waals surface area contributed by atoms with Crippen LogP contribution in [-0.4, -0.2) is 34.6 Å². The monoisotopic (exact) mass is 679 g/mol. The number of halogens is 5. The number of ether oxygens (including phenoxy) is 1. The van der Waals surface area contributed by atoms with Gasteiger partial charge in [0.1, 0.15) is 11.0 Å². The fourth-order valence-electron chi connectivity index (χ4n) is 5.21. The van der Waals surface area contributed by atoms with E-state index in [2.05, 4.69) is 10.3 Å². The lowest BCUT2D eigenvalue weighted by molar-refractivity contribution is -0.137. The average Bonchev–Trinajstić information content (AvgIpc) is 3.47. The number of thiazole rings is 1. The largest absolute Gasteiger partial charge is 0.483 e. The number of thioether (sulfide) groups is 1. The Morgan fingerprint density at radius 2 is 1.75 bits per heavy atom. The molecule has 3 heterocycles. The molecule has 3 atom stereocenters. The van der Waals surface area contributed by atoms with Crippen LogP contribution in [0.5, 0.6) is 5.75 Å². The zero-order valence-corrected chi connectivity index (χ0v) is 25.1. The van der Waals surface area contributed by atoms with Crippen LogP contribution in [0.15, 0.2) is 76.6 Å². The molecular formula is C29H18Cl2F3N3O5S2. The van der Waals surface area contributed by atoms with E-state index in [-0.39, 0.29) is 16.5 Å². The van der Waals surface area contributed by atoms with Gasteiger partial charge in [0.15, 0.2) is 6.61 Å². The van der Waals surface area contributed by atoms with Gasteiger partial charge >= 0.3 is 11.0 Å². The first-order valence-electron chi connectivity index (χ1n) is 12.8. The molecule has 2 aliphatic rings. The van der Waals surface area contributed by atoms with Crippen molar-refractivity contribution in [1.82, 2.24) is 4.98 Å². The molecule has 0 radical (unpaired) electrons. The third kappa shape index (κ3) is 5.60. The summed E-state index contributed by atoms with van der Waals surface area (Å²) in [7, 11) is 0. The Bertz CT molecular complexity index is 1880. The number of hydrogen-bond acceptors (Lipinski definition) is 7. The maximum atomic E-state index is 13.9. The number of aromatic amines is 1. The first-order chi connectivity index (χ1) is 20.9. The van der Waals surface area contributed by atoms with E-state index in [9.17, 15) is 32.3 Å². The van der Waals surface area contributed by atoms with Gasteiger partial charge < -0.3 is 15.0 Å². The number of carbonyl (C=O) groups is 3. The van der Waals surface area contributed by atoms with E-state index in [0.717, 1.165) is 46.2 Å². The van der Waals surface area contributed by atoms with Crippen LogP contribution in [0.3, 0.4) is 0 Å². The molecule has 8 nitrogen and oxygen atoms in total. The number of anilines is 2. The van der Waals surface area contributed by atoms with Crippen LogP contribution in [0.4, 0.5) is 24.5 Å². The predicted octanol–water partition coefficient (Wildman–Crippen LogP) is 6.58. The molecule has 0 saturated carbocycles. The molecule has 0 unspecified atom stereocenters. The minimum atomic E-state index is -4.68. The third-order valence-corrected chi connectivity index (χ3v) is 10.2. The van der Waals surface area contributed by atoms with Gasteiger partial charge in [-0.3, -0.25) is 19.2 Å². The molecule has 6 rings (SSSR count). The molecule has 1 aromatic heterocycles. The SMILES string of the molecule is O=C(COc1ccccc1[C@@H]1c2sc(=O)[nH]c2S[C@H]2C(=O)N(c3cccc(C(F)(F)F)c3)C(=O)[C@@H]12)Nc1ccc(Cl)c(Cl)c1. The van der Waals surface area contributed by atoms with Gasteiger partial charge in [0.05, 0.1) is 32.2 Å². The number of amides is 3. The molecule has 1 fully saturated rings. The van der Waals surface area contributed by atoms with Crippen LogP contribution in [0.1, 0.15) is 21.9 Å². The molecule has 15 heteroatoms. The number of carbonyl (C=O) groups excluding carboxylic acids is 3. The third-order valence-electron chi connectivity index (χ3n) is 7.07. The number of rotatable bonds is 6. The smallest absolute Gasteiger partial charge is 0.416 e. The van der Waals surface area contributed by atoms with Crippen molar-refractivity contribution in [3.63, 3.8) is 0 Å². The summed E-state index contributed by atoms with van der Waals surface area (Å²) in [5.74, 6) is -3.67. The van der Waals surface area contributed by atoms with Gasteiger partial charge in [0, 0.05) is 22.0 Å². The van der Waals surface area contributed by atoms with E-state index in [1.54, 1.807) is 30.3 Å². The maximum Gasteiger partial charge on any atom is 0.416 e. The number of aromatic nitrogens is 1. The van der Waals surface area contributed by atoms with Gasteiger partial charge in [-0.15, -0.1) is 0 Å². The van der Waals surface area contributed by atoms with Gasteiger partial charge in [-0.25, -0.2) is 4.90 Å². The van der Waals surface area contributed by atoms with E-state index >= 15 is 0 Å². The Kier molecular flexibility index (Phi) is 7.99. The lowest BCUT2D eigenvalue weighted by Gasteiger charge is -2.30. The van der Waals surface area contributed by atoms with Crippen molar-refractivity contribution in [2.45, 2.75) is 22.4 Å². The molecule has 2 aliphatic heterocycles. The summed E-state index contributed by atoms with van der Waals surface area (Å²) in [6, 6.07) is 15.1. The number of hydrogen-bond donors (Lipinski definition) is 2. The van der Waals surface area contributed by atoms with E-state index < -0.39 is 58.0 Å². The lowest BCUT2D eigenvalue weighted by atomic mass is 9.82. The highest BCUT2D eigenvalue weighted by Gasteiger charge is 2.57. The second kappa shape index (κ2) is 11.6. The summed E-state index contributed by atoms with van der Waals surface area (Å²) < 4.78 is 46.2. The highest BCUT2D eigenvalue weighted by molar-refractivity contribution is 8.00.